The van der Waals surface area contributed by atoms with Gasteiger partial charge in [-0.1, -0.05) is 29.8 Å². The Morgan fingerprint density at radius 2 is 1.75 bits per heavy atom. The molecular formula is C29H33N3O3S. The minimum Gasteiger partial charge on any atom is -0.497 e. The number of aryl methyl sites for hydroxylation is 1. The molecule has 1 fully saturated rings. The van der Waals surface area contributed by atoms with Crippen LogP contribution in [-0.4, -0.2) is 72.4 Å². The van der Waals surface area contributed by atoms with Crippen LogP contribution in [0.2, 0.25) is 0 Å². The first kappa shape index (κ1) is 24.5. The van der Waals surface area contributed by atoms with Gasteiger partial charge in [-0.05, 0) is 67.1 Å². The Morgan fingerprint density at radius 3 is 2.44 bits per heavy atom. The van der Waals surface area contributed by atoms with E-state index in [1.54, 1.807) is 18.4 Å². The Hall–Kier alpha value is -3.16. The monoisotopic (exact) mass is 503 g/mol. The molecule has 0 saturated carbocycles. The number of carbonyl (C=O) groups is 2. The van der Waals surface area contributed by atoms with Crippen molar-refractivity contribution in [3.8, 4) is 5.75 Å². The molecular weight excluding hydrogens is 470 g/mol. The summed E-state index contributed by atoms with van der Waals surface area (Å²) < 4.78 is 5.35. The summed E-state index contributed by atoms with van der Waals surface area (Å²) in [7, 11) is 1.67. The Labute approximate surface area is 217 Å². The van der Waals surface area contributed by atoms with Gasteiger partial charge in [-0.15, -0.1) is 11.3 Å². The maximum atomic E-state index is 13.5. The van der Waals surface area contributed by atoms with Gasteiger partial charge in [-0.3, -0.25) is 14.5 Å². The molecule has 2 aromatic carbocycles. The molecule has 2 aliphatic rings. The number of rotatable bonds is 5. The number of benzene rings is 2. The van der Waals surface area contributed by atoms with Crippen LogP contribution < -0.4 is 4.74 Å². The summed E-state index contributed by atoms with van der Waals surface area (Å²) in [6, 6.07) is 18.1. The molecule has 0 aliphatic carbocycles. The highest BCUT2D eigenvalue weighted by atomic mass is 32.1. The van der Waals surface area contributed by atoms with Crippen LogP contribution in [0.4, 0.5) is 0 Å². The van der Waals surface area contributed by atoms with Crippen LogP contribution in [-0.2, 0) is 11.2 Å². The standard InChI is InChI=1S/C29H33N3O3S/c1-20-4-6-23(7-5-20)29(34)32-16-15-30(18-21(32)2)27(33)19-31-14-12-26-25(13-17-36-26)28(31)22-8-10-24(35-3)11-9-22/h4-11,13,17,21,28H,12,14-16,18-19H2,1-3H3/t21-,28+/m1/s1. The fourth-order valence-electron chi connectivity index (χ4n) is 5.34. The molecule has 0 bridgehead atoms. The molecule has 1 aromatic heterocycles. The summed E-state index contributed by atoms with van der Waals surface area (Å²) in [5, 5.41) is 2.15. The van der Waals surface area contributed by atoms with Crippen molar-refractivity contribution in [3.63, 3.8) is 0 Å². The van der Waals surface area contributed by atoms with E-state index in [0.717, 1.165) is 24.3 Å². The lowest BCUT2D eigenvalue weighted by Crippen LogP contribution is -2.57. The molecule has 1 saturated heterocycles. The quantitative estimate of drug-likeness (QED) is 0.518. The molecule has 0 radical (unpaired) electrons. The number of hydrogen-bond acceptors (Lipinski definition) is 5. The second-order valence-corrected chi connectivity index (χ2v) is 10.7. The van der Waals surface area contributed by atoms with Gasteiger partial charge < -0.3 is 14.5 Å². The van der Waals surface area contributed by atoms with Crippen molar-refractivity contribution < 1.29 is 14.3 Å². The van der Waals surface area contributed by atoms with E-state index in [4.69, 9.17) is 4.74 Å². The van der Waals surface area contributed by atoms with E-state index in [1.807, 2.05) is 60.0 Å². The third-order valence-electron chi connectivity index (χ3n) is 7.38. The SMILES string of the molecule is COc1ccc([C@H]2c3ccsc3CCN2CC(=O)N2CCN(C(=O)c3ccc(C)cc3)[C@H](C)C2)cc1. The van der Waals surface area contributed by atoms with Gasteiger partial charge in [0.25, 0.3) is 5.91 Å². The van der Waals surface area contributed by atoms with E-state index in [-0.39, 0.29) is 23.9 Å². The van der Waals surface area contributed by atoms with E-state index in [9.17, 15) is 9.59 Å². The first-order valence-corrected chi connectivity index (χ1v) is 13.4. The van der Waals surface area contributed by atoms with Crippen molar-refractivity contribution in [3.05, 3.63) is 87.1 Å². The van der Waals surface area contributed by atoms with Crippen LogP contribution >= 0.6 is 11.3 Å². The van der Waals surface area contributed by atoms with Gasteiger partial charge >= 0.3 is 0 Å². The number of thiophene rings is 1. The zero-order chi connectivity index (χ0) is 25.2. The third kappa shape index (κ3) is 4.90. The van der Waals surface area contributed by atoms with Gasteiger partial charge in [-0.25, -0.2) is 0 Å². The van der Waals surface area contributed by atoms with Crippen LogP contribution in [0.25, 0.3) is 0 Å². The van der Waals surface area contributed by atoms with E-state index in [2.05, 4.69) is 28.5 Å². The van der Waals surface area contributed by atoms with Crippen LogP contribution in [0, 0.1) is 6.92 Å². The third-order valence-corrected chi connectivity index (χ3v) is 8.37. The molecule has 2 aliphatic heterocycles. The average Bonchev–Trinajstić information content (AvgIpc) is 3.37. The summed E-state index contributed by atoms with van der Waals surface area (Å²) in [6.07, 6.45) is 0.960. The summed E-state index contributed by atoms with van der Waals surface area (Å²) >= 11 is 1.80. The number of piperazine rings is 1. The van der Waals surface area contributed by atoms with Crippen molar-refractivity contribution in [2.75, 3.05) is 39.8 Å². The predicted octanol–water partition coefficient (Wildman–Crippen LogP) is 4.39. The van der Waals surface area contributed by atoms with Crippen molar-refractivity contribution in [2.45, 2.75) is 32.4 Å². The molecule has 7 heteroatoms. The number of nitrogens with zero attached hydrogens (tertiary/aromatic N) is 3. The fourth-order valence-corrected chi connectivity index (χ4v) is 6.24. The van der Waals surface area contributed by atoms with Gasteiger partial charge in [0, 0.05) is 42.7 Å². The molecule has 2 atom stereocenters. The average molecular weight is 504 g/mol. The highest BCUT2D eigenvalue weighted by Gasteiger charge is 2.34. The predicted molar refractivity (Wildman–Crippen MR) is 143 cm³/mol. The van der Waals surface area contributed by atoms with E-state index < -0.39 is 0 Å². The van der Waals surface area contributed by atoms with E-state index >= 15 is 0 Å². The Kier molecular flexibility index (Phi) is 7.12. The largest absolute Gasteiger partial charge is 0.497 e. The van der Waals surface area contributed by atoms with Crippen molar-refractivity contribution in [2.24, 2.45) is 0 Å². The van der Waals surface area contributed by atoms with Gasteiger partial charge in [0.15, 0.2) is 0 Å². The lowest BCUT2D eigenvalue weighted by molar-refractivity contribution is -0.135. The molecule has 3 heterocycles. The molecule has 3 aromatic rings. The number of methoxy groups -OCH3 is 1. The summed E-state index contributed by atoms with van der Waals surface area (Å²) in [5.41, 5.74) is 4.31. The molecule has 5 rings (SSSR count). The maximum Gasteiger partial charge on any atom is 0.254 e. The minimum absolute atomic E-state index is 0.0290. The lowest BCUT2D eigenvalue weighted by Gasteiger charge is -2.42. The van der Waals surface area contributed by atoms with Crippen molar-refractivity contribution >= 4 is 23.2 Å². The first-order chi connectivity index (χ1) is 17.4. The van der Waals surface area contributed by atoms with Crippen LogP contribution in [0.15, 0.2) is 60.0 Å². The molecule has 0 unspecified atom stereocenters. The number of carbonyl (C=O) groups excluding carboxylic acids is 2. The minimum atomic E-state index is -0.0290. The Morgan fingerprint density at radius 1 is 1.00 bits per heavy atom. The molecule has 0 spiro atoms. The number of ether oxygens (including phenoxy) is 1. The van der Waals surface area contributed by atoms with Crippen molar-refractivity contribution in [1.29, 1.82) is 0 Å². The highest BCUT2D eigenvalue weighted by Crippen LogP contribution is 2.38. The smallest absolute Gasteiger partial charge is 0.254 e. The van der Waals surface area contributed by atoms with Crippen LogP contribution in [0.5, 0.6) is 5.75 Å². The maximum absolute atomic E-state index is 13.5. The van der Waals surface area contributed by atoms with Crippen LogP contribution in [0.3, 0.4) is 0 Å². The normalized spacial score (nSPS) is 20.2. The Bertz CT molecular complexity index is 1220. The molecule has 2 amide bonds. The molecule has 36 heavy (non-hydrogen) atoms. The fraction of sp³-hybridized carbons (Fsp3) is 0.379. The molecule has 6 nitrogen and oxygen atoms in total. The highest BCUT2D eigenvalue weighted by molar-refractivity contribution is 7.10. The topological polar surface area (TPSA) is 53.1 Å². The molecule has 0 N–H and O–H groups in total. The summed E-state index contributed by atoms with van der Waals surface area (Å²) in [5.74, 6) is 0.992. The van der Waals surface area contributed by atoms with Crippen molar-refractivity contribution in [1.82, 2.24) is 14.7 Å². The van der Waals surface area contributed by atoms with E-state index in [1.165, 1.54) is 16.0 Å². The zero-order valence-electron chi connectivity index (χ0n) is 21.1. The van der Waals surface area contributed by atoms with Gasteiger partial charge in [0.1, 0.15) is 5.75 Å². The van der Waals surface area contributed by atoms with Gasteiger partial charge in [-0.2, -0.15) is 0 Å². The first-order valence-electron chi connectivity index (χ1n) is 12.5. The number of fused-ring (bicyclic) bond motifs is 1. The summed E-state index contributed by atoms with van der Waals surface area (Å²) in [4.78, 5) is 34.1. The van der Waals surface area contributed by atoms with Crippen LogP contribution in [0.1, 0.15) is 44.9 Å². The zero-order valence-corrected chi connectivity index (χ0v) is 22.0. The van der Waals surface area contributed by atoms with Gasteiger partial charge in [0.2, 0.25) is 5.91 Å². The molecule has 188 valence electrons. The van der Waals surface area contributed by atoms with Gasteiger partial charge in [0.05, 0.1) is 19.7 Å². The Balaban J connectivity index is 1.27. The van der Waals surface area contributed by atoms with E-state index in [0.29, 0.717) is 31.7 Å². The number of hydrogen-bond donors (Lipinski definition) is 0. The second kappa shape index (κ2) is 10.4. The second-order valence-electron chi connectivity index (χ2n) is 9.75. The summed E-state index contributed by atoms with van der Waals surface area (Å²) in [6.45, 7) is 6.93. The number of amides is 2. The lowest BCUT2D eigenvalue weighted by atomic mass is 9.93.